The van der Waals surface area contributed by atoms with Gasteiger partial charge >= 0.3 is 197 Å². The summed E-state index contributed by atoms with van der Waals surface area (Å²) in [5.41, 5.74) is -6.40. The van der Waals surface area contributed by atoms with Crippen LogP contribution in [0.15, 0.2) is 36.5 Å². The molecule has 2 aromatic rings. The second-order valence-electron chi connectivity index (χ2n) is 6.89. The van der Waals surface area contributed by atoms with Crippen LogP contribution in [0.1, 0.15) is 41.0 Å². The van der Waals surface area contributed by atoms with Crippen molar-refractivity contribution in [3.05, 3.63) is 64.5 Å². The molecule has 0 aliphatic heterocycles. The molecule has 14 heteroatoms. The maximum absolute atomic E-state index is 13.3. The van der Waals surface area contributed by atoms with Gasteiger partial charge in [0.25, 0.3) is 0 Å². The van der Waals surface area contributed by atoms with Gasteiger partial charge in [-0.15, -0.1) is 0 Å². The fourth-order valence-corrected chi connectivity index (χ4v) is 5.91. The second-order valence-corrected chi connectivity index (χ2v) is 10.8. The number of hydrogen-bond acceptors (Lipinski definition) is 4. The summed E-state index contributed by atoms with van der Waals surface area (Å²) in [7, 11) is 0. The number of benzene rings is 1. The number of hydrogen-bond donors (Lipinski definition) is 2. The molecular weight excluding hydrogens is 598 g/mol. The first kappa shape index (κ1) is 28.1. The van der Waals surface area contributed by atoms with E-state index in [2.05, 4.69) is 4.98 Å². The zero-order chi connectivity index (χ0) is 26.1. The van der Waals surface area contributed by atoms with E-state index in [1.807, 2.05) is 0 Å². The van der Waals surface area contributed by atoms with Crippen molar-refractivity contribution >= 4 is 0 Å². The Kier molecular flexibility index (Phi) is 8.15. The minimum atomic E-state index is -5.24. The molecule has 2 rings (SSSR count). The van der Waals surface area contributed by atoms with Gasteiger partial charge in [0.2, 0.25) is 0 Å². The molecule has 3 unspecified atom stereocenters. The van der Waals surface area contributed by atoms with Crippen LogP contribution in [0, 0.1) is 17.2 Å². The van der Waals surface area contributed by atoms with Crippen LogP contribution in [0.2, 0.25) is 0 Å². The Hall–Kier alpha value is -2.12. The van der Waals surface area contributed by atoms with Gasteiger partial charge in [0, 0.05) is 0 Å². The van der Waals surface area contributed by atoms with E-state index in [4.69, 9.17) is 0 Å². The van der Waals surface area contributed by atoms with Crippen molar-refractivity contribution in [3.63, 3.8) is 0 Å². The van der Waals surface area contributed by atoms with E-state index >= 15 is 0 Å². The van der Waals surface area contributed by atoms with E-state index < -0.39 is 83.3 Å². The Morgan fingerprint density at radius 1 is 0.912 bits per heavy atom. The fraction of sp³-hybridized carbons (Fsp3) is 0.400. The zero-order valence-corrected chi connectivity index (χ0v) is 19.1. The van der Waals surface area contributed by atoms with Crippen LogP contribution in [-0.2, 0) is 22.1 Å². The van der Waals surface area contributed by atoms with Crippen LogP contribution in [0.4, 0.5) is 39.5 Å². The molecular formula is C20H15F9IN2O2-. The van der Waals surface area contributed by atoms with Gasteiger partial charge in [0.15, 0.2) is 0 Å². The van der Waals surface area contributed by atoms with Gasteiger partial charge in [0.05, 0.1) is 0 Å². The molecule has 0 saturated heterocycles. The van der Waals surface area contributed by atoms with Crippen molar-refractivity contribution in [1.29, 1.82) is 5.26 Å². The van der Waals surface area contributed by atoms with E-state index in [1.54, 1.807) is 0 Å². The van der Waals surface area contributed by atoms with E-state index in [0.717, 1.165) is 6.07 Å². The molecule has 1 heterocycles. The number of aliphatic hydroxyl groups excluding tert-OH is 1. The molecule has 34 heavy (non-hydrogen) atoms. The molecule has 4 nitrogen and oxygen atoms in total. The number of rotatable bonds is 6. The van der Waals surface area contributed by atoms with Gasteiger partial charge in [-0.3, -0.25) is 0 Å². The summed E-state index contributed by atoms with van der Waals surface area (Å²) >= 11 is -1.80. The molecule has 0 aliphatic carbocycles. The Balaban J connectivity index is 2.72. The summed E-state index contributed by atoms with van der Waals surface area (Å²) in [6.45, 7) is 1.45. The molecule has 1 aromatic heterocycles. The van der Waals surface area contributed by atoms with Gasteiger partial charge in [-0.25, -0.2) is 0 Å². The normalized spacial score (nSPS) is 16.6. The zero-order valence-electron chi connectivity index (χ0n) is 16.9. The first-order valence-corrected chi connectivity index (χ1v) is 11.8. The monoisotopic (exact) mass is 613 g/mol. The third-order valence-electron chi connectivity index (χ3n) is 4.61. The Morgan fingerprint density at radius 3 is 1.82 bits per heavy atom. The average molecular weight is 613 g/mol. The van der Waals surface area contributed by atoms with Crippen molar-refractivity contribution < 1.29 is 70.9 Å². The van der Waals surface area contributed by atoms with Gasteiger partial charge in [-0.2, -0.15) is 0 Å². The third kappa shape index (κ3) is 6.11. The third-order valence-corrected chi connectivity index (χ3v) is 7.83. The molecule has 188 valence electrons. The number of halogens is 10. The molecule has 3 atom stereocenters. The molecule has 0 radical (unpaired) electrons. The molecule has 0 aliphatic rings. The number of nitriles is 1. The Bertz CT molecular complexity index is 1030. The van der Waals surface area contributed by atoms with Crippen molar-refractivity contribution in [2.24, 2.45) is 5.92 Å². The van der Waals surface area contributed by atoms with E-state index in [0.29, 0.717) is 12.3 Å². The van der Waals surface area contributed by atoms with Gasteiger partial charge in [-0.1, -0.05) is 0 Å². The van der Waals surface area contributed by atoms with Crippen molar-refractivity contribution in [2.45, 2.75) is 35.2 Å². The van der Waals surface area contributed by atoms with Crippen LogP contribution in [0.25, 0.3) is 0 Å². The number of aromatic nitrogens is 1. The van der Waals surface area contributed by atoms with Crippen LogP contribution in [0.3, 0.4) is 0 Å². The van der Waals surface area contributed by atoms with E-state index in [-0.39, 0.29) is 22.6 Å². The molecule has 0 amide bonds. The van der Waals surface area contributed by atoms with Crippen molar-refractivity contribution in [2.75, 3.05) is 4.43 Å². The molecule has 0 bridgehead atoms. The Labute approximate surface area is 197 Å². The maximum atomic E-state index is 13.3. The topological polar surface area (TPSA) is 77.1 Å². The van der Waals surface area contributed by atoms with E-state index in [1.165, 1.54) is 13.0 Å². The summed E-state index contributed by atoms with van der Waals surface area (Å²) in [5.74, 6) is -2.09. The van der Waals surface area contributed by atoms with Crippen LogP contribution >= 0.6 is 0 Å². The summed E-state index contributed by atoms with van der Waals surface area (Å²) in [4.78, 5) is 3.09. The first-order valence-electron chi connectivity index (χ1n) is 9.18. The predicted molar refractivity (Wildman–Crippen MR) is 94.2 cm³/mol. The molecule has 0 saturated carbocycles. The summed E-state index contributed by atoms with van der Waals surface area (Å²) in [6, 6.07) is 3.06. The summed E-state index contributed by atoms with van der Waals surface area (Å²) in [6.07, 6.45) is -16.9. The first-order chi connectivity index (χ1) is 15.4. The van der Waals surface area contributed by atoms with Crippen molar-refractivity contribution in [3.8, 4) is 6.07 Å². The fourth-order valence-electron chi connectivity index (χ4n) is 3.04. The quantitative estimate of drug-likeness (QED) is 0.298. The number of alkyl halides is 11. The molecule has 0 fully saturated rings. The number of aliphatic hydroxyl groups is 2. The van der Waals surface area contributed by atoms with Gasteiger partial charge in [-0.05, 0) is 0 Å². The SMILES string of the molecule is CC[I-]C(O)(c1cc(C(F)(F)F)cc(C(F)(F)F)c1)C(C#N)C(O)c1ccnc(C(F)(F)F)c1. The molecule has 1 aromatic carbocycles. The predicted octanol–water partition coefficient (Wildman–Crippen LogP) is 2.27. The molecule has 2 N–H and O–H groups in total. The summed E-state index contributed by atoms with van der Waals surface area (Å²) in [5, 5.41) is 31.6. The standard InChI is InChI=1S/C20H15F9IN2O2/c1-2-30-17(34,11-6-12(18(21,22)23)8-13(7-11)19(24,25)26)14(9-31)16(33)10-3-4-32-15(5-10)20(27,28)29/h3-8,14,16,33-34H,2H2,1H3/q-1. The number of nitrogens with zero attached hydrogens (tertiary/aromatic N) is 2. The van der Waals surface area contributed by atoms with Gasteiger partial charge < -0.3 is 0 Å². The molecule has 0 spiro atoms. The van der Waals surface area contributed by atoms with Crippen LogP contribution in [-0.4, -0.2) is 19.6 Å². The van der Waals surface area contributed by atoms with Crippen LogP contribution in [0.5, 0.6) is 0 Å². The number of pyridine rings is 1. The van der Waals surface area contributed by atoms with E-state index in [9.17, 15) is 55.0 Å². The Morgan fingerprint density at radius 2 is 1.41 bits per heavy atom. The average Bonchev–Trinajstić information content (AvgIpc) is 2.72. The van der Waals surface area contributed by atoms with Crippen molar-refractivity contribution in [1.82, 2.24) is 4.98 Å². The van der Waals surface area contributed by atoms with Crippen LogP contribution < -0.4 is 21.2 Å². The van der Waals surface area contributed by atoms with Gasteiger partial charge in [0.1, 0.15) is 0 Å². The minimum absolute atomic E-state index is 0.0437. The summed E-state index contributed by atoms with van der Waals surface area (Å²) < 4.78 is 116. The second kappa shape index (κ2) is 9.86.